The molecule has 288 valence electrons. The predicted molar refractivity (Wildman–Crippen MR) is 209 cm³/mol. The minimum Gasteiger partial charge on any atom is -0.393 e. The molecule has 0 spiro atoms. The monoisotopic (exact) mass is 746 g/mol. The van der Waals surface area contributed by atoms with Gasteiger partial charge in [0.15, 0.2) is 5.78 Å². The van der Waals surface area contributed by atoms with Gasteiger partial charge in [0, 0.05) is 40.6 Å². The highest BCUT2D eigenvalue weighted by Gasteiger charge is 2.59. The van der Waals surface area contributed by atoms with Crippen molar-refractivity contribution in [3.63, 3.8) is 0 Å². The summed E-state index contributed by atoms with van der Waals surface area (Å²) < 4.78 is 15.0. The average Bonchev–Trinajstić information content (AvgIpc) is 3.32. The van der Waals surface area contributed by atoms with Crippen LogP contribution in [-0.4, -0.2) is 57.8 Å². The van der Waals surface area contributed by atoms with Crippen molar-refractivity contribution in [1.29, 1.82) is 0 Å². The number of urea groups is 1. The third-order valence-electron chi connectivity index (χ3n) is 14.2. The van der Waals surface area contributed by atoms with E-state index in [1.165, 1.54) is 56.2 Å². The Morgan fingerprint density at radius 1 is 1.02 bits per heavy atom. The lowest BCUT2D eigenvalue weighted by molar-refractivity contribution is -0.0985. The number of rotatable bonds is 8. The van der Waals surface area contributed by atoms with Gasteiger partial charge in [-0.3, -0.25) is 4.79 Å². The number of aliphatic hydroxyl groups excluding tert-OH is 1. The number of nitrogens with zero attached hydrogens (tertiary/aromatic N) is 1. The van der Waals surface area contributed by atoms with Crippen LogP contribution < -0.4 is 5.32 Å². The van der Waals surface area contributed by atoms with Crippen LogP contribution in [0.4, 0.5) is 9.18 Å². The van der Waals surface area contributed by atoms with Crippen molar-refractivity contribution in [2.45, 2.75) is 141 Å². The lowest BCUT2D eigenvalue weighted by Crippen LogP contribution is -2.59. The quantitative estimate of drug-likeness (QED) is 0.186. The molecule has 4 atom stereocenters. The number of allylic oxidation sites excluding steroid dienone is 2. The second kappa shape index (κ2) is 15.1. The molecule has 5 fully saturated rings. The largest absolute Gasteiger partial charge is 0.393 e. The number of ketones is 1. The van der Waals surface area contributed by atoms with Gasteiger partial charge in [0.05, 0.1) is 18.2 Å². The smallest absolute Gasteiger partial charge is 0.317 e. The average molecular weight is 747 g/mol. The third kappa shape index (κ3) is 7.87. The molecule has 7 aliphatic carbocycles. The van der Waals surface area contributed by atoms with E-state index in [4.69, 9.17) is 11.6 Å². The van der Waals surface area contributed by atoms with Crippen molar-refractivity contribution < 1.29 is 24.2 Å². The fraction of sp³-hybridized carbons (Fsp3) is 0.644. The van der Waals surface area contributed by atoms with Gasteiger partial charge >= 0.3 is 6.03 Å². The van der Waals surface area contributed by atoms with Crippen LogP contribution in [0.1, 0.15) is 138 Å². The second-order valence-electron chi connectivity index (χ2n) is 18.6. The SMILES string of the molecule is CC1=CCCC2(C)C(CCC2(O)CN(CC23CC4CC(CC(C4)C2)C3)C(=O)NC(C)C)c2ccc(cc2C(=O)Cc2c(F)cccc2Cl)CC(O)CC1. The number of amides is 2. The zero-order chi connectivity index (χ0) is 37.7. The molecule has 6 nitrogen and oxygen atoms in total. The van der Waals surface area contributed by atoms with Crippen LogP contribution in [0, 0.1) is 34.4 Å². The Morgan fingerprint density at radius 2 is 1.72 bits per heavy atom. The van der Waals surface area contributed by atoms with Crippen LogP contribution in [0.25, 0.3) is 0 Å². The molecular weight excluding hydrogens is 687 g/mol. The van der Waals surface area contributed by atoms with Crippen molar-refractivity contribution in [3.05, 3.63) is 81.1 Å². The Bertz CT molecular complexity index is 1690. The number of carbonyl (C=O) groups excluding carboxylic acids is 2. The number of Topliss-reactive ketones (excluding diaryl/α,β-unsaturated/α-hetero) is 1. The van der Waals surface area contributed by atoms with Gasteiger partial charge in [0.1, 0.15) is 5.82 Å². The standard InChI is InChI=1S/C45H60ClFN2O4/c1-28(2)48-42(52)49(26-44-23-31-17-32(24-44)19-33(18-31)25-44)27-45(53)16-14-38-35-13-11-30(20-34(50)12-10-29(3)7-6-15-43(38,45)4)21-36(35)41(51)22-37-39(46)8-5-9-40(37)47/h5,7-9,11,13,21,28,31-34,38,50,53H,6,10,12,14-20,22-27H2,1-4H3,(H,48,52). The van der Waals surface area contributed by atoms with Gasteiger partial charge in [0.25, 0.3) is 0 Å². The lowest BCUT2D eigenvalue weighted by Gasteiger charge is -2.58. The van der Waals surface area contributed by atoms with Gasteiger partial charge < -0.3 is 20.4 Å². The minimum absolute atomic E-state index is 0.0288. The molecule has 53 heavy (non-hydrogen) atoms. The molecule has 0 radical (unpaired) electrons. The van der Waals surface area contributed by atoms with E-state index in [0.717, 1.165) is 41.7 Å². The zero-order valence-electron chi connectivity index (χ0n) is 32.2. The van der Waals surface area contributed by atoms with Crippen molar-refractivity contribution in [3.8, 4) is 0 Å². The topological polar surface area (TPSA) is 89.9 Å². The van der Waals surface area contributed by atoms with Crippen molar-refractivity contribution >= 4 is 23.4 Å². The van der Waals surface area contributed by atoms with E-state index in [9.17, 15) is 19.8 Å². The van der Waals surface area contributed by atoms with E-state index in [2.05, 4.69) is 25.2 Å². The highest BCUT2D eigenvalue weighted by atomic mass is 35.5. The third-order valence-corrected chi connectivity index (χ3v) is 14.6. The normalized spacial score (nSPS) is 33.8. The molecule has 4 unspecified atom stereocenters. The first-order valence-electron chi connectivity index (χ1n) is 20.4. The summed E-state index contributed by atoms with van der Waals surface area (Å²) in [5.41, 5.74) is 1.80. The molecule has 0 aliphatic heterocycles. The van der Waals surface area contributed by atoms with E-state index in [0.29, 0.717) is 44.2 Å². The Labute approximate surface area is 321 Å². The van der Waals surface area contributed by atoms with Crippen LogP contribution >= 0.6 is 11.6 Å². The summed E-state index contributed by atoms with van der Waals surface area (Å²) in [5.74, 6) is 1.32. The lowest BCUT2D eigenvalue weighted by atomic mass is 9.49. The Kier molecular flexibility index (Phi) is 11.0. The Hall–Kier alpha value is -2.74. The molecule has 0 aromatic heterocycles. The highest BCUT2D eigenvalue weighted by molar-refractivity contribution is 6.31. The van der Waals surface area contributed by atoms with Gasteiger partial charge in [-0.1, -0.05) is 48.4 Å². The Morgan fingerprint density at radius 3 is 2.38 bits per heavy atom. The molecule has 2 aromatic rings. The van der Waals surface area contributed by atoms with Gasteiger partial charge in [-0.15, -0.1) is 0 Å². The van der Waals surface area contributed by atoms with Gasteiger partial charge in [-0.2, -0.15) is 0 Å². The molecule has 0 saturated heterocycles. The first kappa shape index (κ1) is 38.5. The number of hydrogen-bond acceptors (Lipinski definition) is 4. The number of halogens is 2. The summed E-state index contributed by atoms with van der Waals surface area (Å²) in [5, 5.41) is 27.6. The summed E-state index contributed by atoms with van der Waals surface area (Å²) in [6, 6.07) is 10.2. The number of nitrogens with one attached hydrogen (secondary N) is 1. The first-order chi connectivity index (χ1) is 25.2. The molecule has 7 aliphatic rings. The second-order valence-corrected chi connectivity index (χ2v) is 19.0. The maximum absolute atomic E-state index is 15.0. The van der Waals surface area contributed by atoms with E-state index in [1.807, 2.05) is 36.9 Å². The maximum Gasteiger partial charge on any atom is 0.317 e. The van der Waals surface area contributed by atoms with Crippen molar-refractivity contribution in [2.75, 3.05) is 13.1 Å². The van der Waals surface area contributed by atoms with Crippen LogP contribution in [0.15, 0.2) is 48.0 Å². The van der Waals surface area contributed by atoms with Gasteiger partial charge in [-0.05, 0) is 163 Å². The van der Waals surface area contributed by atoms with E-state index in [1.54, 1.807) is 6.07 Å². The molecule has 5 saturated carbocycles. The summed E-state index contributed by atoms with van der Waals surface area (Å²) in [6.07, 6.45) is 13.3. The molecule has 3 N–H and O–H groups in total. The first-order valence-corrected chi connectivity index (χ1v) is 20.7. The fourth-order valence-electron chi connectivity index (χ4n) is 11.9. The molecule has 0 heterocycles. The van der Waals surface area contributed by atoms with Crippen LogP contribution in [0.3, 0.4) is 0 Å². The molecule has 2 amide bonds. The summed E-state index contributed by atoms with van der Waals surface area (Å²) in [4.78, 5) is 30.5. The summed E-state index contributed by atoms with van der Waals surface area (Å²) >= 11 is 6.42. The number of benzene rings is 2. The van der Waals surface area contributed by atoms with Gasteiger partial charge in [-0.25, -0.2) is 9.18 Å². The predicted octanol–water partition coefficient (Wildman–Crippen LogP) is 9.58. The summed E-state index contributed by atoms with van der Waals surface area (Å²) in [6.45, 7) is 9.17. The zero-order valence-corrected chi connectivity index (χ0v) is 33.0. The van der Waals surface area contributed by atoms with Crippen LogP contribution in [0.5, 0.6) is 0 Å². The minimum atomic E-state index is -1.21. The molecule has 9 rings (SSSR count). The van der Waals surface area contributed by atoms with Crippen molar-refractivity contribution in [1.82, 2.24) is 10.2 Å². The maximum atomic E-state index is 15.0. The Balaban J connectivity index is 1.27. The van der Waals surface area contributed by atoms with Crippen LogP contribution in [0.2, 0.25) is 5.02 Å². The highest BCUT2D eigenvalue weighted by Crippen LogP contribution is 2.62. The molecule has 6 bridgehead atoms. The fourth-order valence-corrected chi connectivity index (χ4v) is 12.2. The number of aliphatic hydroxyl groups is 2. The van der Waals surface area contributed by atoms with E-state index >= 15 is 4.39 Å². The number of carbonyl (C=O) groups is 2. The van der Waals surface area contributed by atoms with Gasteiger partial charge in [0.2, 0.25) is 0 Å². The van der Waals surface area contributed by atoms with E-state index < -0.39 is 22.9 Å². The summed E-state index contributed by atoms with van der Waals surface area (Å²) in [7, 11) is 0. The molecular formula is C45H60ClFN2O4. The van der Waals surface area contributed by atoms with E-state index in [-0.39, 0.29) is 52.7 Å². The van der Waals surface area contributed by atoms with Crippen molar-refractivity contribution in [2.24, 2.45) is 28.6 Å². The number of hydrogen-bond donors (Lipinski definition) is 3. The molecule has 8 heteroatoms. The van der Waals surface area contributed by atoms with Crippen LogP contribution in [-0.2, 0) is 12.8 Å². The molecule has 2 aromatic carbocycles. The number of fused-ring (bicyclic) bond motifs is 8.